The van der Waals surface area contributed by atoms with Gasteiger partial charge in [-0.25, -0.2) is 0 Å². The highest BCUT2D eigenvalue weighted by Crippen LogP contribution is 1.90. The summed E-state index contributed by atoms with van der Waals surface area (Å²) < 4.78 is 0. The first-order valence-corrected chi connectivity index (χ1v) is 2.93. The lowest BCUT2D eigenvalue weighted by Crippen LogP contribution is -2.31. The average Bonchev–Trinajstić information content (AvgIpc) is 1.63. The maximum Gasteiger partial charge on any atom is 0.104 e. The van der Waals surface area contributed by atoms with Crippen LogP contribution < -0.4 is 11.1 Å². The normalized spacial score (nSPS) is 17.3. The summed E-state index contributed by atoms with van der Waals surface area (Å²) in [5.41, 5.74) is 4.99. The Morgan fingerprint density at radius 1 is 1.56 bits per heavy atom. The third kappa shape index (κ3) is 5.72. The SMILES string of the molecule is CNCC(O)CC(N)O. The summed E-state index contributed by atoms with van der Waals surface area (Å²) in [7, 11) is 1.73. The quantitative estimate of drug-likeness (QED) is 0.343. The molecule has 9 heavy (non-hydrogen) atoms. The second-order valence-electron chi connectivity index (χ2n) is 2.01. The van der Waals surface area contributed by atoms with Crippen molar-refractivity contribution in [2.45, 2.75) is 18.8 Å². The average molecular weight is 134 g/mol. The predicted octanol–water partition coefficient (Wildman–Crippen LogP) is -1.77. The largest absolute Gasteiger partial charge is 0.392 e. The van der Waals surface area contributed by atoms with Gasteiger partial charge < -0.3 is 21.3 Å². The molecule has 0 aliphatic carbocycles. The van der Waals surface area contributed by atoms with E-state index in [4.69, 9.17) is 15.9 Å². The van der Waals surface area contributed by atoms with Crippen LogP contribution in [0.1, 0.15) is 6.42 Å². The van der Waals surface area contributed by atoms with Crippen molar-refractivity contribution in [3.63, 3.8) is 0 Å². The molecule has 56 valence electrons. The highest BCUT2D eigenvalue weighted by Gasteiger charge is 2.05. The van der Waals surface area contributed by atoms with Gasteiger partial charge in [0.25, 0.3) is 0 Å². The fraction of sp³-hybridized carbons (Fsp3) is 1.00. The Morgan fingerprint density at radius 2 is 2.11 bits per heavy atom. The maximum atomic E-state index is 8.92. The number of hydrogen-bond donors (Lipinski definition) is 4. The summed E-state index contributed by atoms with van der Waals surface area (Å²) in [4.78, 5) is 0. The Kier molecular flexibility index (Phi) is 4.61. The smallest absolute Gasteiger partial charge is 0.104 e. The Balaban J connectivity index is 3.15. The van der Waals surface area contributed by atoms with Crippen LogP contribution in [-0.4, -0.2) is 36.1 Å². The molecule has 0 aromatic heterocycles. The van der Waals surface area contributed by atoms with Gasteiger partial charge in [-0.2, -0.15) is 0 Å². The molecule has 2 atom stereocenters. The molecule has 0 aromatic rings. The van der Waals surface area contributed by atoms with E-state index >= 15 is 0 Å². The lowest BCUT2D eigenvalue weighted by Gasteiger charge is -2.10. The first-order chi connectivity index (χ1) is 4.16. The molecule has 0 saturated heterocycles. The van der Waals surface area contributed by atoms with E-state index in [1.54, 1.807) is 7.05 Å². The van der Waals surface area contributed by atoms with Crippen molar-refractivity contribution < 1.29 is 10.2 Å². The zero-order chi connectivity index (χ0) is 7.28. The van der Waals surface area contributed by atoms with E-state index in [0.29, 0.717) is 6.54 Å². The van der Waals surface area contributed by atoms with Crippen molar-refractivity contribution in [2.24, 2.45) is 5.73 Å². The second-order valence-corrected chi connectivity index (χ2v) is 2.01. The van der Waals surface area contributed by atoms with Crippen LogP contribution in [0.2, 0.25) is 0 Å². The molecule has 0 spiro atoms. The van der Waals surface area contributed by atoms with Gasteiger partial charge in [-0.3, -0.25) is 0 Å². The van der Waals surface area contributed by atoms with Crippen LogP contribution in [0.5, 0.6) is 0 Å². The third-order valence-electron chi connectivity index (χ3n) is 0.953. The van der Waals surface area contributed by atoms with Gasteiger partial charge in [-0.1, -0.05) is 0 Å². The molecule has 0 aliphatic heterocycles. The molecule has 0 fully saturated rings. The molecule has 0 saturated carbocycles. The number of nitrogens with one attached hydrogen (secondary N) is 1. The molecular weight excluding hydrogens is 120 g/mol. The Hall–Kier alpha value is -0.160. The van der Waals surface area contributed by atoms with E-state index in [-0.39, 0.29) is 6.42 Å². The van der Waals surface area contributed by atoms with E-state index < -0.39 is 12.3 Å². The zero-order valence-electron chi connectivity index (χ0n) is 5.54. The fourth-order valence-corrected chi connectivity index (χ4v) is 0.598. The first kappa shape index (κ1) is 8.84. The highest BCUT2D eigenvalue weighted by molar-refractivity contribution is 4.59. The zero-order valence-corrected chi connectivity index (χ0v) is 5.54. The van der Waals surface area contributed by atoms with Gasteiger partial charge in [-0.15, -0.1) is 0 Å². The third-order valence-corrected chi connectivity index (χ3v) is 0.953. The first-order valence-electron chi connectivity index (χ1n) is 2.93. The molecule has 2 unspecified atom stereocenters. The molecule has 0 heterocycles. The Morgan fingerprint density at radius 3 is 2.44 bits per heavy atom. The Bertz CT molecular complexity index is 68.0. The summed E-state index contributed by atoms with van der Waals surface area (Å²) in [6.07, 6.45) is -1.23. The maximum absolute atomic E-state index is 8.92. The van der Waals surface area contributed by atoms with Crippen LogP contribution >= 0.6 is 0 Å². The van der Waals surface area contributed by atoms with Crippen molar-refractivity contribution in [1.29, 1.82) is 0 Å². The van der Waals surface area contributed by atoms with Gasteiger partial charge in [0.1, 0.15) is 6.23 Å². The Labute approximate surface area is 54.7 Å². The van der Waals surface area contributed by atoms with Crippen molar-refractivity contribution in [2.75, 3.05) is 13.6 Å². The van der Waals surface area contributed by atoms with Gasteiger partial charge in [-0.05, 0) is 7.05 Å². The van der Waals surface area contributed by atoms with Crippen LogP contribution in [0.3, 0.4) is 0 Å². The molecule has 4 nitrogen and oxygen atoms in total. The van der Waals surface area contributed by atoms with Crippen LogP contribution in [0.15, 0.2) is 0 Å². The molecular formula is C5H14N2O2. The van der Waals surface area contributed by atoms with Crippen molar-refractivity contribution in [3.05, 3.63) is 0 Å². The molecule has 0 bridgehead atoms. The molecule has 4 heteroatoms. The molecule has 0 aliphatic rings. The number of aliphatic hydroxyl groups is 2. The van der Waals surface area contributed by atoms with Gasteiger partial charge in [0.2, 0.25) is 0 Å². The summed E-state index contributed by atoms with van der Waals surface area (Å²) in [5.74, 6) is 0. The monoisotopic (exact) mass is 134 g/mol. The molecule has 0 aromatic carbocycles. The van der Waals surface area contributed by atoms with Crippen molar-refractivity contribution in [1.82, 2.24) is 5.32 Å². The van der Waals surface area contributed by atoms with Crippen LogP contribution in [0.25, 0.3) is 0 Å². The van der Waals surface area contributed by atoms with Crippen molar-refractivity contribution in [3.8, 4) is 0 Å². The summed E-state index contributed by atoms with van der Waals surface area (Å²) >= 11 is 0. The topological polar surface area (TPSA) is 78.5 Å². The molecule has 5 N–H and O–H groups in total. The van der Waals surface area contributed by atoms with Crippen LogP contribution in [-0.2, 0) is 0 Å². The predicted molar refractivity (Wildman–Crippen MR) is 34.7 cm³/mol. The fourth-order valence-electron chi connectivity index (χ4n) is 0.598. The standard InChI is InChI=1S/C5H14N2O2/c1-7-3-4(8)2-5(6)9/h4-5,7-9H,2-3,6H2,1H3. The molecule has 0 amide bonds. The minimum atomic E-state index is -0.909. The minimum Gasteiger partial charge on any atom is -0.392 e. The van der Waals surface area contributed by atoms with Gasteiger partial charge >= 0.3 is 0 Å². The van der Waals surface area contributed by atoms with E-state index in [2.05, 4.69) is 5.32 Å². The van der Waals surface area contributed by atoms with E-state index in [0.717, 1.165) is 0 Å². The number of likely N-dealkylation sites (N-methyl/N-ethyl adjacent to an activating group) is 1. The van der Waals surface area contributed by atoms with Gasteiger partial charge in [0.05, 0.1) is 6.10 Å². The minimum absolute atomic E-state index is 0.223. The van der Waals surface area contributed by atoms with E-state index in [9.17, 15) is 0 Å². The summed E-state index contributed by atoms with van der Waals surface area (Å²) in [6, 6.07) is 0. The van der Waals surface area contributed by atoms with Crippen LogP contribution in [0.4, 0.5) is 0 Å². The highest BCUT2D eigenvalue weighted by atomic mass is 16.3. The van der Waals surface area contributed by atoms with Gasteiger partial charge in [0, 0.05) is 13.0 Å². The second kappa shape index (κ2) is 4.69. The molecule has 0 radical (unpaired) electrons. The molecule has 0 rings (SSSR count). The lowest BCUT2D eigenvalue weighted by molar-refractivity contribution is 0.0851. The van der Waals surface area contributed by atoms with E-state index in [1.165, 1.54) is 0 Å². The van der Waals surface area contributed by atoms with E-state index in [1.807, 2.05) is 0 Å². The number of aliphatic hydroxyl groups excluding tert-OH is 2. The number of nitrogens with two attached hydrogens (primary N) is 1. The summed E-state index contributed by atoms with van der Waals surface area (Å²) in [6.45, 7) is 0.467. The van der Waals surface area contributed by atoms with Crippen LogP contribution in [0, 0.1) is 0 Å². The number of hydrogen-bond acceptors (Lipinski definition) is 4. The lowest BCUT2D eigenvalue weighted by atomic mass is 10.2. The summed E-state index contributed by atoms with van der Waals surface area (Å²) in [5, 5.41) is 20.2. The van der Waals surface area contributed by atoms with Crippen molar-refractivity contribution >= 4 is 0 Å². The van der Waals surface area contributed by atoms with Gasteiger partial charge in [0.15, 0.2) is 0 Å². The number of rotatable bonds is 4.